The summed E-state index contributed by atoms with van der Waals surface area (Å²) < 4.78 is 11.6. The first-order valence-electron chi connectivity index (χ1n) is 11.0. The third-order valence-electron chi connectivity index (χ3n) is 6.27. The Hall–Kier alpha value is -2.74. The average Bonchev–Trinajstić information content (AvgIpc) is 3.14. The number of thioether (sulfide) groups is 1. The number of likely N-dealkylation sites (tertiary alicyclic amines) is 1. The summed E-state index contributed by atoms with van der Waals surface area (Å²) in [5.41, 5.74) is 9.70. The van der Waals surface area contributed by atoms with Gasteiger partial charge in [-0.05, 0) is 62.4 Å². The van der Waals surface area contributed by atoms with Crippen molar-refractivity contribution in [1.29, 1.82) is 0 Å². The van der Waals surface area contributed by atoms with Crippen LogP contribution in [0.3, 0.4) is 0 Å². The summed E-state index contributed by atoms with van der Waals surface area (Å²) in [5.74, 6) is 1.22. The predicted octanol–water partition coefficient (Wildman–Crippen LogP) is 3.72. The zero-order valence-corrected chi connectivity index (χ0v) is 19.6. The third kappa shape index (κ3) is 4.41. The normalized spacial score (nSPS) is 17.8. The van der Waals surface area contributed by atoms with Gasteiger partial charge in [0.1, 0.15) is 5.03 Å². The summed E-state index contributed by atoms with van der Waals surface area (Å²) in [5, 5.41) is 0.526. The molecular formula is C24H29N3O4S. The van der Waals surface area contributed by atoms with E-state index >= 15 is 0 Å². The Morgan fingerprint density at radius 3 is 2.62 bits per heavy atom. The molecule has 1 aromatic carbocycles. The molecule has 2 amide bonds. The van der Waals surface area contributed by atoms with Crippen molar-refractivity contribution in [1.82, 2.24) is 9.88 Å². The van der Waals surface area contributed by atoms with Crippen LogP contribution in [0.2, 0.25) is 0 Å². The van der Waals surface area contributed by atoms with E-state index in [2.05, 4.69) is 4.98 Å². The molecule has 0 spiro atoms. The molecule has 0 saturated carbocycles. The second-order valence-corrected chi connectivity index (χ2v) is 9.25. The number of aryl methyl sites for hydroxylation is 1. The molecule has 170 valence electrons. The van der Waals surface area contributed by atoms with Crippen LogP contribution in [0.5, 0.6) is 11.5 Å². The van der Waals surface area contributed by atoms with Crippen molar-refractivity contribution in [3.05, 3.63) is 46.1 Å². The molecular weight excluding hydrogens is 426 g/mol. The summed E-state index contributed by atoms with van der Waals surface area (Å²) in [6.45, 7) is 7.69. The average molecular weight is 456 g/mol. The number of aromatic nitrogens is 1. The van der Waals surface area contributed by atoms with Crippen molar-refractivity contribution in [3.8, 4) is 11.5 Å². The van der Waals surface area contributed by atoms with Crippen molar-refractivity contribution < 1.29 is 19.1 Å². The van der Waals surface area contributed by atoms with E-state index in [1.54, 1.807) is 0 Å². The maximum atomic E-state index is 13.2. The summed E-state index contributed by atoms with van der Waals surface area (Å²) in [6.07, 6.45) is 2.71. The van der Waals surface area contributed by atoms with Crippen LogP contribution < -0.4 is 15.2 Å². The van der Waals surface area contributed by atoms with Gasteiger partial charge >= 0.3 is 0 Å². The molecule has 7 nitrogen and oxygen atoms in total. The first-order valence-corrected chi connectivity index (χ1v) is 11.9. The fraction of sp³-hybridized carbons (Fsp3) is 0.458. The summed E-state index contributed by atoms with van der Waals surface area (Å²) in [6, 6.07) is 5.97. The van der Waals surface area contributed by atoms with Crippen LogP contribution in [0.1, 0.15) is 58.0 Å². The Morgan fingerprint density at radius 1 is 1.12 bits per heavy atom. The number of amides is 2. The van der Waals surface area contributed by atoms with Crippen LogP contribution in [0.25, 0.3) is 0 Å². The molecule has 0 radical (unpaired) electrons. The smallest absolute Gasteiger partial charge is 0.251 e. The second kappa shape index (κ2) is 9.40. The zero-order valence-electron chi connectivity index (χ0n) is 18.8. The predicted molar refractivity (Wildman–Crippen MR) is 123 cm³/mol. The summed E-state index contributed by atoms with van der Waals surface area (Å²) >= 11 is 1.28. The van der Waals surface area contributed by atoms with Crippen molar-refractivity contribution in [2.24, 2.45) is 5.73 Å². The molecule has 2 aromatic rings. The molecule has 1 saturated heterocycles. The molecule has 2 aliphatic rings. The van der Waals surface area contributed by atoms with Gasteiger partial charge in [-0.25, -0.2) is 4.98 Å². The molecule has 32 heavy (non-hydrogen) atoms. The standard InChI is InChI=1S/C24H29N3O4S/c1-14-15(2)22(23(25)29)24(26-16(14)3)32-13-21(28)27-9-4-6-18(27)17-7-8-19-20(12-17)31-11-5-10-30-19/h7-8,12,18H,4-6,9-11,13H2,1-3H3,(H2,25,29)/t18-/m0/s1. The largest absolute Gasteiger partial charge is 0.490 e. The minimum atomic E-state index is -0.515. The number of carbonyl (C=O) groups excluding carboxylic acids is 2. The zero-order chi connectivity index (χ0) is 22.8. The number of ether oxygens (including phenoxy) is 2. The van der Waals surface area contributed by atoms with Gasteiger partial charge in [-0.2, -0.15) is 0 Å². The van der Waals surface area contributed by atoms with Gasteiger partial charge in [0.15, 0.2) is 11.5 Å². The van der Waals surface area contributed by atoms with Gasteiger partial charge in [0.05, 0.1) is 30.6 Å². The fourth-order valence-corrected chi connectivity index (χ4v) is 5.34. The molecule has 4 rings (SSSR count). The maximum Gasteiger partial charge on any atom is 0.251 e. The Kier molecular flexibility index (Phi) is 6.60. The van der Waals surface area contributed by atoms with Crippen LogP contribution >= 0.6 is 11.8 Å². The Balaban J connectivity index is 1.51. The number of fused-ring (bicyclic) bond motifs is 1. The van der Waals surface area contributed by atoms with Gasteiger partial charge in [0.2, 0.25) is 5.91 Å². The SMILES string of the molecule is Cc1nc(SCC(=O)N2CCC[C@H]2c2ccc3c(c2)OCCCO3)c(C(N)=O)c(C)c1C. The molecule has 1 atom stereocenters. The van der Waals surface area contributed by atoms with Crippen LogP contribution in [-0.2, 0) is 4.79 Å². The molecule has 8 heteroatoms. The van der Waals surface area contributed by atoms with Crippen LogP contribution in [0.4, 0.5) is 0 Å². The Morgan fingerprint density at radius 2 is 1.88 bits per heavy atom. The number of hydrogen-bond donors (Lipinski definition) is 1. The maximum absolute atomic E-state index is 13.2. The molecule has 0 aliphatic carbocycles. The molecule has 1 aromatic heterocycles. The summed E-state index contributed by atoms with van der Waals surface area (Å²) in [7, 11) is 0. The molecule has 1 fully saturated rings. The topological polar surface area (TPSA) is 94.8 Å². The lowest BCUT2D eigenvalue weighted by atomic mass is 10.0. The van der Waals surface area contributed by atoms with E-state index in [1.807, 2.05) is 43.9 Å². The van der Waals surface area contributed by atoms with E-state index < -0.39 is 5.91 Å². The number of hydrogen-bond acceptors (Lipinski definition) is 6. The number of pyridine rings is 1. The second-order valence-electron chi connectivity index (χ2n) is 8.28. The number of benzene rings is 1. The first-order chi connectivity index (χ1) is 15.4. The van der Waals surface area contributed by atoms with Gasteiger partial charge in [-0.3, -0.25) is 9.59 Å². The van der Waals surface area contributed by atoms with E-state index in [0.29, 0.717) is 30.3 Å². The quantitative estimate of drug-likeness (QED) is 0.691. The van der Waals surface area contributed by atoms with Crippen LogP contribution in [-0.4, -0.2) is 47.2 Å². The minimum absolute atomic E-state index is 0.00492. The van der Waals surface area contributed by atoms with Crippen LogP contribution in [0.15, 0.2) is 23.2 Å². The summed E-state index contributed by atoms with van der Waals surface area (Å²) in [4.78, 5) is 31.7. The highest BCUT2D eigenvalue weighted by Crippen LogP contribution is 2.38. The number of rotatable bonds is 5. The van der Waals surface area contributed by atoms with E-state index in [-0.39, 0.29) is 17.7 Å². The lowest BCUT2D eigenvalue weighted by molar-refractivity contribution is -0.129. The van der Waals surface area contributed by atoms with Gasteiger partial charge in [-0.15, -0.1) is 0 Å². The monoisotopic (exact) mass is 455 g/mol. The first kappa shape index (κ1) is 22.5. The van der Waals surface area contributed by atoms with Gasteiger partial charge in [-0.1, -0.05) is 17.8 Å². The lowest BCUT2D eigenvalue weighted by Crippen LogP contribution is -2.32. The van der Waals surface area contributed by atoms with Crippen molar-refractivity contribution in [3.63, 3.8) is 0 Å². The number of nitrogens with zero attached hydrogens (tertiary/aromatic N) is 2. The Bertz CT molecular complexity index is 1060. The van der Waals surface area contributed by atoms with Gasteiger partial charge < -0.3 is 20.1 Å². The molecule has 0 unspecified atom stereocenters. The van der Waals surface area contributed by atoms with Crippen molar-refractivity contribution in [2.45, 2.75) is 51.1 Å². The van der Waals surface area contributed by atoms with Crippen LogP contribution in [0, 0.1) is 20.8 Å². The van der Waals surface area contributed by atoms with Crippen molar-refractivity contribution in [2.75, 3.05) is 25.5 Å². The lowest BCUT2D eigenvalue weighted by Gasteiger charge is -2.26. The highest BCUT2D eigenvalue weighted by atomic mass is 32.2. The van der Waals surface area contributed by atoms with E-state index in [0.717, 1.165) is 53.1 Å². The third-order valence-corrected chi connectivity index (χ3v) is 7.23. The molecule has 2 N–H and O–H groups in total. The highest BCUT2D eigenvalue weighted by molar-refractivity contribution is 8.00. The number of nitrogens with two attached hydrogens (primary N) is 1. The minimum Gasteiger partial charge on any atom is -0.490 e. The molecule has 2 aliphatic heterocycles. The molecule has 0 bridgehead atoms. The fourth-order valence-electron chi connectivity index (χ4n) is 4.32. The van der Waals surface area contributed by atoms with E-state index in [9.17, 15) is 9.59 Å². The Labute approximate surface area is 192 Å². The van der Waals surface area contributed by atoms with E-state index in [4.69, 9.17) is 15.2 Å². The number of primary amides is 1. The molecule has 3 heterocycles. The van der Waals surface area contributed by atoms with Gasteiger partial charge in [0, 0.05) is 18.7 Å². The number of carbonyl (C=O) groups is 2. The van der Waals surface area contributed by atoms with Gasteiger partial charge in [0.25, 0.3) is 5.91 Å². The highest BCUT2D eigenvalue weighted by Gasteiger charge is 2.31. The van der Waals surface area contributed by atoms with E-state index in [1.165, 1.54) is 11.8 Å². The van der Waals surface area contributed by atoms with Crippen molar-refractivity contribution >= 4 is 23.6 Å².